The van der Waals surface area contributed by atoms with Gasteiger partial charge in [-0.15, -0.1) is 0 Å². The van der Waals surface area contributed by atoms with Crippen molar-refractivity contribution in [3.8, 4) is 5.75 Å². The van der Waals surface area contributed by atoms with Crippen molar-refractivity contribution in [1.82, 2.24) is 10.2 Å². The summed E-state index contributed by atoms with van der Waals surface area (Å²) in [5.74, 6) is 1.04. The molecule has 0 aromatic heterocycles. The Balaban J connectivity index is 1.53. The third-order valence-corrected chi connectivity index (χ3v) is 5.90. The lowest BCUT2D eigenvalue weighted by molar-refractivity contribution is -0.149. The summed E-state index contributed by atoms with van der Waals surface area (Å²) in [6, 6.07) is 6.90. The van der Waals surface area contributed by atoms with Gasteiger partial charge in [-0.1, -0.05) is 6.07 Å². The lowest BCUT2D eigenvalue weighted by atomic mass is 9.86. The second kappa shape index (κ2) is 9.25. The van der Waals surface area contributed by atoms with E-state index >= 15 is 0 Å². The molecule has 1 aromatic carbocycles. The Morgan fingerprint density at radius 1 is 1.29 bits per heavy atom. The van der Waals surface area contributed by atoms with Gasteiger partial charge in [0.2, 0.25) is 0 Å². The predicted molar refractivity (Wildman–Crippen MR) is 107 cm³/mol. The van der Waals surface area contributed by atoms with Gasteiger partial charge in [0.15, 0.2) is 0 Å². The van der Waals surface area contributed by atoms with Crippen LogP contribution in [0.25, 0.3) is 0 Å². The molecule has 1 N–H and O–H groups in total. The molecule has 2 fully saturated rings. The Morgan fingerprint density at radius 2 is 2.18 bits per heavy atom. The maximum absolute atomic E-state index is 13.3. The van der Waals surface area contributed by atoms with Crippen LogP contribution in [0.5, 0.6) is 5.75 Å². The van der Waals surface area contributed by atoms with E-state index in [9.17, 15) is 4.79 Å². The normalized spacial score (nSPS) is 24.5. The van der Waals surface area contributed by atoms with Gasteiger partial charge < -0.3 is 24.4 Å². The third-order valence-electron chi connectivity index (χ3n) is 5.90. The van der Waals surface area contributed by atoms with Crippen molar-refractivity contribution in [3.63, 3.8) is 0 Å². The molecule has 0 bridgehead atoms. The number of morpholine rings is 1. The predicted octanol–water partition coefficient (Wildman–Crippen LogP) is 2.46. The van der Waals surface area contributed by atoms with Gasteiger partial charge in [0.05, 0.1) is 19.3 Å². The Morgan fingerprint density at radius 3 is 2.93 bits per heavy atom. The summed E-state index contributed by atoms with van der Waals surface area (Å²) in [5, 5.41) is 3.29. The third kappa shape index (κ3) is 4.50. The molecule has 1 saturated heterocycles. The fourth-order valence-electron chi connectivity index (χ4n) is 4.36. The Bertz CT molecular complexity index is 671. The van der Waals surface area contributed by atoms with Crippen LogP contribution in [0, 0.1) is 0 Å². The number of amides is 1. The maximum Gasteiger partial charge on any atom is 0.253 e. The number of nitrogens with zero attached hydrogens (tertiary/aromatic N) is 1. The lowest BCUT2D eigenvalue weighted by Gasteiger charge is -2.39. The number of benzene rings is 1. The highest BCUT2D eigenvalue weighted by Gasteiger charge is 2.42. The average Bonchev–Trinajstić information content (AvgIpc) is 3.57. The monoisotopic (exact) mass is 388 g/mol. The minimum atomic E-state index is -0.354. The zero-order chi connectivity index (χ0) is 19.3. The first kappa shape index (κ1) is 19.7. The largest absolute Gasteiger partial charge is 0.493 e. The van der Waals surface area contributed by atoms with E-state index in [1.165, 1.54) is 11.1 Å². The summed E-state index contributed by atoms with van der Waals surface area (Å²) in [6.45, 7) is 3.39. The molecule has 1 aromatic rings. The van der Waals surface area contributed by atoms with E-state index in [1.807, 2.05) is 0 Å². The second-order valence-electron chi connectivity index (χ2n) is 8.00. The second-order valence-corrected chi connectivity index (χ2v) is 8.00. The molecule has 6 nitrogen and oxygen atoms in total. The van der Waals surface area contributed by atoms with Crippen molar-refractivity contribution in [2.75, 3.05) is 40.0 Å². The zero-order valence-corrected chi connectivity index (χ0v) is 16.8. The molecule has 0 radical (unpaired) electrons. The molecule has 3 aliphatic rings. The van der Waals surface area contributed by atoms with Gasteiger partial charge in [-0.3, -0.25) is 4.79 Å². The van der Waals surface area contributed by atoms with Crippen molar-refractivity contribution in [3.05, 3.63) is 29.3 Å². The molecule has 4 rings (SSSR count). The highest BCUT2D eigenvalue weighted by molar-refractivity contribution is 5.82. The van der Waals surface area contributed by atoms with Crippen LogP contribution < -0.4 is 10.1 Å². The van der Waals surface area contributed by atoms with Gasteiger partial charge in [-0.25, -0.2) is 0 Å². The minimum Gasteiger partial charge on any atom is -0.493 e. The van der Waals surface area contributed by atoms with Crippen molar-refractivity contribution in [2.24, 2.45) is 0 Å². The molecular weight excluding hydrogens is 356 g/mol. The van der Waals surface area contributed by atoms with Gasteiger partial charge in [-0.2, -0.15) is 0 Å². The first-order chi connectivity index (χ1) is 13.8. The van der Waals surface area contributed by atoms with E-state index in [2.05, 4.69) is 28.4 Å². The number of hydrogen-bond acceptors (Lipinski definition) is 5. The first-order valence-corrected chi connectivity index (χ1v) is 10.7. The average molecular weight is 389 g/mol. The van der Waals surface area contributed by atoms with Crippen molar-refractivity contribution in [2.45, 2.75) is 56.7 Å². The van der Waals surface area contributed by atoms with Crippen LogP contribution in [-0.2, 0) is 20.7 Å². The highest BCUT2D eigenvalue weighted by Crippen LogP contribution is 2.42. The molecule has 2 atom stereocenters. The Hall–Kier alpha value is -1.63. The maximum atomic E-state index is 13.3. The van der Waals surface area contributed by atoms with E-state index in [-0.39, 0.29) is 18.1 Å². The van der Waals surface area contributed by atoms with E-state index in [0.717, 1.165) is 50.8 Å². The van der Waals surface area contributed by atoms with Crippen molar-refractivity contribution >= 4 is 5.91 Å². The van der Waals surface area contributed by atoms with Crippen LogP contribution in [0.3, 0.4) is 0 Å². The molecule has 1 amide bonds. The molecule has 6 heteroatoms. The molecule has 1 aliphatic heterocycles. The van der Waals surface area contributed by atoms with Gasteiger partial charge in [0.25, 0.3) is 5.91 Å². The van der Waals surface area contributed by atoms with E-state index in [1.54, 1.807) is 7.11 Å². The number of aryl methyl sites for hydroxylation is 1. The zero-order valence-electron chi connectivity index (χ0n) is 16.8. The standard InChI is InChI=1S/C22H32N2O4/c1-26-11-3-12-27-18-9-6-16-4-2-5-20(19(16)14-18)24(17-7-8-17)22(25)21-15-23-10-13-28-21/h6,9,14,17,20-21,23H,2-5,7-8,10-13,15H2,1H3/t20-,21-/m1/s1. The van der Waals surface area contributed by atoms with Crippen molar-refractivity contribution < 1.29 is 19.0 Å². The lowest BCUT2D eigenvalue weighted by Crippen LogP contribution is -2.51. The van der Waals surface area contributed by atoms with E-state index in [4.69, 9.17) is 14.2 Å². The van der Waals surface area contributed by atoms with Crippen molar-refractivity contribution in [1.29, 1.82) is 0 Å². The minimum absolute atomic E-state index is 0.136. The molecule has 2 aliphatic carbocycles. The number of carbonyl (C=O) groups excluding carboxylic acids is 1. The summed E-state index contributed by atoms with van der Waals surface area (Å²) in [7, 11) is 1.71. The quantitative estimate of drug-likeness (QED) is 0.694. The van der Waals surface area contributed by atoms with Gasteiger partial charge in [-0.05, 0) is 55.4 Å². The fourth-order valence-corrected chi connectivity index (χ4v) is 4.36. The molecule has 0 unspecified atom stereocenters. The van der Waals surface area contributed by atoms with Crippen LogP contribution in [0.1, 0.15) is 49.3 Å². The van der Waals surface area contributed by atoms with Crippen LogP contribution in [0.15, 0.2) is 18.2 Å². The summed E-state index contributed by atoms with van der Waals surface area (Å²) in [5.41, 5.74) is 2.61. The first-order valence-electron chi connectivity index (χ1n) is 10.7. The van der Waals surface area contributed by atoms with Gasteiger partial charge in [0, 0.05) is 39.3 Å². The number of methoxy groups -OCH3 is 1. The van der Waals surface area contributed by atoms with E-state index in [0.29, 0.717) is 32.4 Å². The van der Waals surface area contributed by atoms with E-state index < -0.39 is 0 Å². The van der Waals surface area contributed by atoms with Gasteiger partial charge >= 0.3 is 0 Å². The van der Waals surface area contributed by atoms with Crippen LogP contribution >= 0.6 is 0 Å². The molecule has 1 saturated carbocycles. The fraction of sp³-hybridized carbons (Fsp3) is 0.682. The molecular formula is C22H32N2O4. The number of ether oxygens (including phenoxy) is 3. The molecule has 1 heterocycles. The number of carbonyl (C=O) groups is 1. The molecule has 154 valence electrons. The molecule has 0 spiro atoms. The summed E-state index contributed by atoms with van der Waals surface area (Å²) in [4.78, 5) is 15.5. The highest BCUT2D eigenvalue weighted by atomic mass is 16.5. The summed E-state index contributed by atoms with van der Waals surface area (Å²) in [6.07, 6.45) is 5.93. The topological polar surface area (TPSA) is 60.0 Å². The van der Waals surface area contributed by atoms with Gasteiger partial charge in [0.1, 0.15) is 11.9 Å². The SMILES string of the molecule is COCCCOc1ccc2c(c1)[C@H](N(C(=O)[C@H]1CNCCO1)C1CC1)CCC2. The number of hydrogen-bond donors (Lipinski definition) is 1. The number of rotatable bonds is 8. The van der Waals surface area contributed by atoms with Crippen LogP contribution in [0.2, 0.25) is 0 Å². The number of nitrogens with one attached hydrogen (secondary N) is 1. The van der Waals surface area contributed by atoms with Crippen LogP contribution in [0.4, 0.5) is 0 Å². The van der Waals surface area contributed by atoms with Crippen LogP contribution in [-0.4, -0.2) is 63.0 Å². The number of fused-ring (bicyclic) bond motifs is 1. The Kier molecular flexibility index (Phi) is 6.50. The smallest absolute Gasteiger partial charge is 0.253 e. The molecule has 28 heavy (non-hydrogen) atoms. The Labute approximate surface area is 167 Å². The summed E-state index contributed by atoms with van der Waals surface area (Å²) < 4.78 is 16.8. The summed E-state index contributed by atoms with van der Waals surface area (Å²) >= 11 is 0.